The van der Waals surface area contributed by atoms with Crippen molar-refractivity contribution in [3.05, 3.63) is 0 Å². The number of nitrogens with zero attached hydrogens (tertiary/aromatic N) is 2. The lowest BCUT2D eigenvalue weighted by Gasteiger charge is -2.27. The van der Waals surface area contributed by atoms with Gasteiger partial charge in [0.1, 0.15) is 48.8 Å². The molecule has 1 fully saturated rings. The number of nitrogens with one attached hydrogen (secondary N) is 10. The minimum absolute atomic E-state index is 0.0220. The summed E-state index contributed by atoms with van der Waals surface area (Å²) in [6.45, 7) is 3.68. The molecule has 0 aromatic carbocycles. The predicted molar refractivity (Wildman–Crippen MR) is 255 cm³/mol. The molecule has 70 heavy (non-hydrogen) atoms. The summed E-state index contributed by atoms with van der Waals surface area (Å²) in [7, 11) is 0. The number of hydrogen-bond donors (Lipinski definition) is 14. The number of amides is 11. The standard InChI is InChI=1S/C41H71N15O13S/c1-22(50-31(59)19-46-30(58)18-47-37(66)26(53-25(4)57)10-6-7-14-42)34(63)48-20-32(60)56-16-9-12-29(56)40(69)55-28(13-17-70-5)39(68)52-23(2)35(64)51-24(3)36(65)54-27(11-8-15-45-41(43)44)38(67)49-21-33(61)62/h22-24,26-29H,6-21,42H2,1-5H3,(H,46,58)(H,47,66)(H,48,63)(H,49,67)(H,50,59)(H,51,64)(H,52,68)(H,53,57)(H,54,65)(H,55,69)(H,61,62)(H4,43,44,45)/t22-,23-,24-,26-,27-,28-,29-/m0/s1. The van der Waals surface area contributed by atoms with Crippen LogP contribution in [0.15, 0.2) is 4.99 Å². The Morgan fingerprint density at radius 1 is 0.629 bits per heavy atom. The highest BCUT2D eigenvalue weighted by Gasteiger charge is 2.36. The Morgan fingerprint density at radius 2 is 1.17 bits per heavy atom. The van der Waals surface area contributed by atoms with Crippen LogP contribution in [-0.4, -0.2) is 187 Å². The molecule has 0 bridgehead atoms. The lowest BCUT2D eigenvalue weighted by atomic mass is 10.1. The van der Waals surface area contributed by atoms with Gasteiger partial charge in [-0.25, -0.2) is 0 Å². The fourth-order valence-corrected chi connectivity index (χ4v) is 7.03. The lowest BCUT2D eigenvalue weighted by molar-refractivity contribution is -0.140. The summed E-state index contributed by atoms with van der Waals surface area (Å²) >= 11 is 1.39. The molecule has 7 atom stereocenters. The van der Waals surface area contributed by atoms with Crippen molar-refractivity contribution in [1.82, 2.24) is 58.1 Å². The number of rotatable bonds is 32. The normalized spacial score (nSPS) is 15.4. The smallest absolute Gasteiger partial charge is 0.322 e. The number of carbonyl (C=O) groups is 12. The zero-order valence-corrected chi connectivity index (χ0v) is 41.1. The van der Waals surface area contributed by atoms with Crippen molar-refractivity contribution in [3.63, 3.8) is 0 Å². The zero-order valence-electron chi connectivity index (χ0n) is 40.2. The van der Waals surface area contributed by atoms with E-state index in [1.165, 1.54) is 44.4 Å². The van der Waals surface area contributed by atoms with E-state index in [-0.39, 0.29) is 44.7 Å². The Hall–Kier alpha value is -6.78. The monoisotopic (exact) mass is 1010 g/mol. The SMILES string of the molecule is CSCC[C@H](NC(=O)[C@@H]1CCCN1C(=O)CNC(=O)[C@H](C)NC(=O)CNC(=O)CNC(=O)[C@H](CCCCN)NC(C)=O)C(=O)N[C@@H](C)C(=O)N[C@@H](C)C(=O)N[C@@H](CCCN=C(N)N)C(=O)NCC(=O)O. The summed E-state index contributed by atoms with van der Waals surface area (Å²) in [6.07, 6.45) is 4.36. The number of aliphatic imine (C=N–C) groups is 1. The van der Waals surface area contributed by atoms with Gasteiger partial charge in [-0.05, 0) is 90.7 Å². The van der Waals surface area contributed by atoms with Crippen LogP contribution in [0, 0.1) is 0 Å². The maximum absolute atomic E-state index is 13.6. The Morgan fingerprint density at radius 3 is 1.77 bits per heavy atom. The number of hydrogen-bond acceptors (Lipinski definition) is 15. The molecule has 394 valence electrons. The van der Waals surface area contributed by atoms with Crippen molar-refractivity contribution in [1.29, 1.82) is 0 Å². The van der Waals surface area contributed by atoms with E-state index in [4.69, 9.17) is 22.3 Å². The summed E-state index contributed by atoms with van der Waals surface area (Å²) in [5.41, 5.74) is 16.1. The Bertz CT molecular complexity index is 1890. The second-order valence-electron chi connectivity index (χ2n) is 16.2. The number of thioether (sulfide) groups is 1. The van der Waals surface area contributed by atoms with Gasteiger partial charge in [-0.3, -0.25) is 62.5 Å². The first kappa shape index (κ1) is 61.2. The van der Waals surface area contributed by atoms with Crippen molar-refractivity contribution in [2.45, 2.75) is 121 Å². The Balaban J connectivity index is 2.75. The molecule has 0 saturated carbocycles. The molecule has 28 nitrogen and oxygen atoms in total. The van der Waals surface area contributed by atoms with E-state index >= 15 is 0 Å². The van der Waals surface area contributed by atoms with Gasteiger partial charge in [0.2, 0.25) is 65.0 Å². The molecule has 0 spiro atoms. The molecule has 1 rings (SSSR count). The fourth-order valence-electron chi connectivity index (χ4n) is 6.56. The van der Waals surface area contributed by atoms with Gasteiger partial charge >= 0.3 is 5.97 Å². The van der Waals surface area contributed by atoms with E-state index in [1.54, 1.807) is 6.26 Å². The Kier molecular flexibility index (Phi) is 28.8. The summed E-state index contributed by atoms with van der Waals surface area (Å²) in [6, 6.07) is -7.84. The molecular formula is C41H71N15O13S. The minimum atomic E-state index is -1.31. The molecule has 0 radical (unpaired) electrons. The topological polar surface area (TPSA) is 439 Å². The van der Waals surface area contributed by atoms with Gasteiger partial charge in [0.05, 0.1) is 19.6 Å². The molecule has 0 unspecified atom stereocenters. The van der Waals surface area contributed by atoms with Crippen molar-refractivity contribution < 1.29 is 62.6 Å². The maximum Gasteiger partial charge on any atom is 0.322 e. The molecular weight excluding hydrogens is 943 g/mol. The van der Waals surface area contributed by atoms with Crippen molar-refractivity contribution >= 4 is 88.7 Å². The first-order valence-corrected chi connectivity index (χ1v) is 24.0. The second-order valence-corrected chi connectivity index (χ2v) is 17.2. The molecule has 1 aliphatic rings. The second kappa shape index (κ2) is 32.9. The van der Waals surface area contributed by atoms with Crippen LogP contribution in [0.4, 0.5) is 0 Å². The predicted octanol–water partition coefficient (Wildman–Crippen LogP) is -6.55. The molecule has 1 heterocycles. The largest absolute Gasteiger partial charge is 0.480 e. The van der Waals surface area contributed by atoms with Gasteiger partial charge in [0, 0.05) is 20.0 Å². The number of nitrogens with two attached hydrogens (primary N) is 3. The first-order valence-electron chi connectivity index (χ1n) is 22.6. The highest BCUT2D eigenvalue weighted by molar-refractivity contribution is 7.98. The summed E-state index contributed by atoms with van der Waals surface area (Å²) in [5.74, 6) is -8.70. The highest BCUT2D eigenvalue weighted by atomic mass is 32.2. The number of carbonyl (C=O) groups excluding carboxylic acids is 11. The number of unbranched alkanes of at least 4 members (excludes halogenated alkanes) is 1. The van der Waals surface area contributed by atoms with Gasteiger partial charge in [-0.1, -0.05) is 0 Å². The van der Waals surface area contributed by atoms with Crippen LogP contribution in [0.1, 0.15) is 79.1 Å². The summed E-state index contributed by atoms with van der Waals surface area (Å²) in [4.78, 5) is 157. The van der Waals surface area contributed by atoms with Crippen molar-refractivity contribution in [2.24, 2.45) is 22.2 Å². The molecule has 11 amide bonds. The van der Waals surface area contributed by atoms with Gasteiger partial charge in [0.25, 0.3) is 0 Å². The van der Waals surface area contributed by atoms with Crippen LogP contribution < -0.4 is 70.4 Å². The number of aliphatic carboxylic acids is 1. The quantitative estimate of drug-likeness (QED) is 0.0169. The van der Waals surface area contributed by atoms with Crippen LogP contribution in [-0.2, 0) is 57.5 Å². The fraction of sp³-hybridized carbons (Fsp3) is 0.683. The third-order valence-electron chi connectivity index (χ3n) is 10.3. The van der Waals surface area contributed by atoms with E-state index in [0.717, 1.165) is 0 Å². The lowest BCUT2D eigenvalue weighted by Crippen LogP contribution is -2.58. The van der Waals surface area contributed by atoms with Crippen LogP contribution in [0.5, 0.6) is 0 Å². The van der Waals surface area contributed by atoms with E-state index in [9.17, 15) is 57.5 Å². The van der Waals surface area contributed by atoms with Gasteiger partial charge in [0.15, 0.2) is 5.96 Å². The molecule has 0 aliphatic carbocycles. The number of likely N-dealkylation sites (tertiary alicyclic amines) is 1. The maximum atomic E-state index is 13.6. The Labute approximate surface area is 409 Å². The molecule has 1 aliphatic heterocycles. The summed E-state index contributed by atoms with van der Waals surface area (Å²) < 4.78 is 0. The third kappa shape index (κ3) is 24.5. The van der Waals surface area contributed by atoms with Crippen molar-refractivity contribution in [2.75, 3.05) is 57.8 Å². The first-order chi connectivity index (χ1) is 33.0. The number of guanidine groups is 1. The molecule has 29 heteroatoms. The average molecular weight is 1010 g/mol. The van der Waals surface area contributed by atoms with E-state index in [2.05, 4.69) is 58.2 Å². The summed E-state index contributed by atoms with van der Waals surface area (Å²) in [5, 5.41) is 33.2. The van der Waals surface area contributed by atoms with E-state index < -0.39 is 139 Å². The van der Waals surface area contributed by atoms with Crippen LogP contribution in [0.3, 0.4) is 0 Å². The number of carboxylic acid groups (broad SMARTS) is 1. The van der Waals surface area contributed by atoms with Crippen LogP contribution in [0.2, 0.25) is 0 Å². The molecule has 0 aromatic rings. The number of carboxylic acids is 1. The van der Waals surface area contributed by atoms with E-state index in [1.807, 2.05) is 0 Å². The van der Waals surface area contributed by atoms with Gasteiger partial charge < -0.3 is 80.4 Å². The highest BCUT2D eigenvalue weighted by Crippen LogP contribution is 2.18. The van der Waals surface area contributed by atoms with Gasteiger partial charge in [-0.2, -0.15) is 11.8 Å². The van der Waals surface area contributed by atoms with Crippen LogP contribution in [0.25, 0.3) is 0 Å². The minimum Gasteiger partial charge on any atom is -0.480 e. The van der Waals surface area contributed by atoms with E-state index in [0.29, 0.717) is 38.0 Å². The molecule has 0 aromatic heterocycles. The third-order valence-corrected chi connectivity index (χ3v) is 11.0. The molecule has 1 saturated heterocycles. The van der Waals surface area contributed by atoms with Crippen LogP contribution >= 0.6 is 11.8 Å². The van der Waals surface area contributed by atoms with Gasteiger partial charge in [-0.15, -0.1) is 0 Å². The average Bonchev–Trinajstić information content (AvgIpc) is 3.80. The van der Waals surface area contributed by atoms with Crippen molar-refractivity contribution in [3.8, 4) is 0 Å². The zero-order chi connectivity index (χ0) is 52.9. The molecule has 17 N–H and O–H groups in total.